The highest BCUT2D eigenvalue weighted by molar-refractivity contribution is 7.16. The minimum Gasteiger partial charge on any atom is -0.495 e. The molecule has 0 N–H and O–H groups in total. The molecule has 0 radical (unpaired) electrons. The molecule has 5 heteroatoms. The third kappa shape index (κ3) is 3.37. The molecule has 0 saturated heterocycles. The number of benzene rings is 2. The van der Waals surface area contributed by atoms with Gasteiger partial charge in [0.1, 0.15) is 11.3 Å². The highest BCUT2D eigenvalue weighted by atomic mass is 32.1. The maximum absolute atomic E-state index is 12.6. The number of thiazole rings is 1. The van der Waals surface area contributed by atoms with Gasteiger partial charge in [0.05, 0.1) is 11.8 Å². The fourth-order valence-corrected chi connectivity index (χ4v) is 4.03. The second-order valence-corrected chi connectivity index (χ2v) is 7.06. The van der Waals surface area contributed by atoms with Gasteiger partial charge in [0, 0.05) is 12.1 Å². The number of fused-ring (bicyclic) bond motifs is 1. The summed E-state index contributed by atoms with van der Waals surface area (Å²) in [6, 6.07) is 11.6. The van der Waals surface area contributed by atoms with E-state index in [1.807, 2.05) is 43.3 Å². The van der Waals surface area contributed by atoms with Crippen LogP contribution in [0.3, 0.4) is 0 Å². The van der Waals surface area contributed by atoms with Crippen LogP contribution in [0.2, 0.25) is 0 Å². The van der Waals surface area contributed by atoms with E-state index >= 15 is 0 Å². The lowest BCUT2D eigenvalue weighted by Crippen LogP contribution is -2.17. The van der Waals surface area contributed by atoms with Gasteiger partial charge in [0.25, 0.3) is 5.91 Å². The monoisotopic (exact) mass is 354 g/mol. The number of hydrogen-bond acceptors (Lipinski definition) is 3. The van der Waals surface area contributed by atoms with Crippen molar-refractivity contribution in [3.63, 3.8) is 0 Å². The van der Waals surface area contributed by atoms with Gasteiger partial charge >= 0.3 is 0 Å². The van der Waals surface area contributed by atoms with Gasteiger partial charge < -0.3 is 9.30 Å². The van der Waals surface area contributed by atoms with Crippen LogP contribution in [0.4, 0.5) is 0 Å². The smallest absolute Gasteiger partial charge is 0.279 e. The van der Waals surface area contributed by atoms with Gasteiger partial charge in [-0.2, -0.15) is 4.99 Å². The summed E-state index contributed by atoms with van der Waals surface area (Å²) in [6.45, 7) is 6.95. The summed E-state index contributed by atoms with van der Waals surface area (Å²) in [5.74, 6) is 0.603. The SMILES string of the molecule is CCCn1c(=NC(=O)c2cccc(C)c2)sc2c(C)ccc(OC)c21. The first-order valence-corrected chi connectivity index (χ1v) is 9.19. The van der Waals surface area contributed by atoms with Gasteiger partial charge in [0.2, 0.25) is 0 Å². The number of amides is 1. The normalized spacial score (nSPS) is 11.9. The molecular formula is C20H22N2O2S. The topological polar surface area (TPSA) is 43.6 Å². The van der Waals surface area contributed by atoms with E-state index in [2.05, 4.69) is 23.4 Å². The average Bonchev–Trinajstić information content (AvgIpc) is 2.95. The zero-order valence-corrected chi connectivity index (χ0v) is 15.8. The molecule has 3 rings (SSSR count). The molecule has 1 amide bonds. The van der Waals surface area contributed by atoms with Crippen molar-refractivity contribution in [2.45, 2.75) is 33.7 Å². The number of aromatic nitrogens is 1. The Bertz CT molecular complexity index is 999. The number of rotatable bonds is 4. The van der Waals surface area contributed by atoms with E-state index in [0.29, 0.717) is 5.56 Å². The molecule has 2 aromatic carbocycles. The number of ether oxygens (including phenoxy) is 1. The van der Waals surface area contributed by atoms with Gasteiger partial charge in [-0.25, -0.2) is 0 Å². The van der Waals surface area contributed by atoms with Crippen LogP contribution in [0.15, 0.2) is 41.4 Å². The Balaban J connectivity index is 2.23. The molecule has 0 saturated carbocycles. The molecule has 3 aromatic rings. The van der Waals surface area contributed by atoms with Crippen molar-refractivity contribution < 1.29 is 9.53 Å². The molecular weight excluding hydrogens is 332 g/mol. The lowest BCUT2D eigenvalue weighted by Gasteiger charge is -2.08. The quantitative estimate of drug-likeness (QED) is 0.693. The van der Waals surface area contributed by atoms with Crippen LogP contribution in [-0.4, -0.2) is 17.6 Å². The Morgan fingerprint density at radius 2 is 2.04 bits per heavy atom. The Hall–Kier alpha value is -2.40. The Morgan fingerprint density at radius 3 is 2.72 bits per heavy atom. The number of methoxy groups -OCH3 is 1. The summed E-state index contributed by atoms with van der Waals surface area (Å²) in [6.07, 6.45) is 0.953. The summed E-state index contributed by atoms with van der Waals surface area (Å²) in [4.78, 5) is 17.8. The van der Waals surface area contributed by atoms with Crippen molar-refractivity contribution in [2.24, 2.45) is 4.99 Å². The van der Waals surface area contributed by atoms with Crippen LogP contribution >= 0.6 is 11.3 Å². The predicted molar refractivity (Wildman–Crippen MR) is 102 cm³/mol. The second kappa shape index (κ2) is 7.23. The van der Waals surface area contributed by atoms with Crippen LogP contribution in [-0.2, 0) is 6.54 Å². The summed E-state index contributed by atoms with van der Waals surface area (Å²) < 4.78 is 8.76. The van der Waals surface area contributed by atoms with Gasteiger partial charge in [-0.05, 0) is 44.0 Å². The number of aryl methyl sites for hydroxylation is 3. The summed E-state index contributed by atoms with van der Waals surface area (Å²) in [5.41, 5.74) is 3.85. The predicted octanol–water partition coefficient (Wildman–Crippen LogP) is 4.48. The van der Waals surface area contributed by atoms with Gasteiger partial charge in [0.15, 0.2) is 4.80 Å². The van der Waals surface area contributed by atoms with Crippen LogP contribution in [0, 0.1) is 13.8 Å². The van der Waals surface area contributed by atoms with Crippen molar-refractivity contribution in [3.05, 3.63) is 57.9 Å². The fraction of sp³-hybridized carbons (Fsp3) is 0.300. The van der Waals surface area contributed by atoms with E-state index in [1.165, 1.54) is 0 Å². The first-order chi connectivity index (χ1) is 12.0. The largest absolute Gasteiger partial charge is 0.495 e. The zero-order chi connectivity index (χ0) is 18.0. The van der Waals surface area contributed by atoms with Crippen molar-refractivity contribution in [1.29, 1.82) is 0 Å². The average molecular weight is 354 g/mol. The van der Waals surface area contributed by atoms with E-state index in [1.54, 1.807) is 18.4 Å². The molecule has 130 valence electrons. The molecule has 0 fully saturated rings. The molecule has 0 spiro atoms. The highest BCUT2D eigenvalue weighted by Crippen LogP contribution is 2.30. The lowest BCUT2D eigenvalue weighted by atomic mass is 10.1. The van der Waals surface area contributed by atoms with Gasteiger partial charge in [-0.15, -0.1) is 0 Å². The highest BCUT2D eigenvalue weighted by Gasteiger charge is 2.14. The molecule has 0 aliphatic rings. The minimum atomic E-state index is -0.211. The molecule has 0 bridgehead atoms. The zero-order valence-electron chi connectivity index (χ0n) is 15.0. The van der Waals surface area contributed by atoms with E-state index < -0.39 is 0 Å². The summed E-state index contributed by atoms with van der Waals surface area (Å²) in [5, 5.41) is 0. The van der Waals surface area contributed by atoms with E-state index in [-0.39, 0.29) is 5.91 Å². The Labute approximate surface area is 151 Å². The van der Waals surface area contributed by atoms with E-state index in [9.17, 15) is 4.79 Å². The van der Waals surface area contributed by atoms with Crippen molar-refractivity contribution >= 4 is 27.5 Å². The number of carbonyl (C=O) groups excluding carboxylic acids is 1. The molecule has 0 unspecified atom stereocenters. The van der Waals surface area contributed by atoms with Gasteiger partial charge in [-0.1, -0.05) is 42.0 Å². The Kier molecular flexibility index (Phi) is 5.04. The van der Waals surface area contributed by atoms with E-state index in [0.717, 1.165) is 44.9 Å². The maximum Gasteiger partial charge on any atom is 0.279 e. The third-order valence-electron chi connectivity index (χ3n) is 4.11. The van der Waals surface area contributed by atoms with Crippen molar-refractivity contribution in [3.8, 4) is 5.75 Å². The molecule has 0 atom stereocenters. The minimum absolute atomic E-state index is 0.211. The van der Waals surface area contributed by atoms with Crippen LogP contribution in [0.1, 0.15) is 34.8 Å². The molecule has 4 nitrogen and oxygen atoms in total. The first kappa shape index (κ1) is 17.4. The number of nitrogens with zero attached hydrogens (tertiary/aromatic N) is 2. The standard InChI is InChI=1S/C20H22N2O2S/c1-5-11-22-17-16(24-4)10-9-14(3)18(17)25-20(22)21-19(23)15-8-6-7-13(2)12-15/h6-10,12H,5,11H2,1-4H3. The molecule has 0 aliphatic carbocycles. The maximum atomic E-state index is 12.6. The first-order valence-electron chi connectivity index (χ1n) is 8.37. The van der Waals surface area contributed by atoms with Crippen LogP contribution in [0.25, 0.3) is 10.2 Å². The third-order valence-corrected chi connectivity index (χ3v) is 5.33. The fourth-order valence-electron chi connectivity index (χ4n) is 2.89. The lowest BCUT2D eigenvalue weighted by molar-refractivity contribution is 0.0997. The molecule has 1 heterocycles. The van der Waals surface area contributed by atoms with E-state index in [4.69, 9.17) is 4.74 Å². The van der Waals surface area contributed by atoms with Crippen LogP contribution in [0.5, 0.6) is 5.75 Å². The molecule has 25 heavy (non-hydrogen) atoms. The molecule has 0 aliphatic heterocycles. The van der Waals surface area contributed by atoms with Crippen molar-refractivity contribution in [2.75, 3.05) is 7.11 Å². The summed E-state index contributed by atoms with van der Waals surface area (Å²) >= 11 is 1.54. The number of carbonyl (C=O) groups is 1. The van der Waals surface area contributed by atoms with Gasteiger partial charge in [-0.3, -0.25) is 4.79 Å². The van der Waals surface area contributed by atoms with Crippen LogP contribution < -0.4 is 9.54 Å². The number of hydrogen-bond donors (Lipinski definition) is 0. The summed E-state index contributed by atoms with van der Waals surface area (Å²) in [7, 11) is 1.67. The second-order valence-electron chi connectivity index (χ2n) is 6.09. The Morgan fingerprint density at radius 1 is 1.24 bits per heavy atom. The van der Waals surface area contributed by atoms with Crippen molar-refractivity contribution in [1.82, 2.24) is 4.57 Å². The molecule has 1 aromatic heterocycles.